The molecule has 1 aliphatic carbocycles. The van der Waals surface area contributed by atoms with Gasteiger partial charge in [0, 0.05) is 10.7 Å². The highest BCUT2D eigenvalue weighted by atomic mass is 35.5. The second-order valence-corrected chi connectivity index (χ2v) is 6.72. The molecule has 1 amide bonds. The summed E-state index contributed by atoms with van der Waals surface area (Å²) < 4.78 is 0.208. The number of benzene rings is 1. The molecule has 1 aromatic carbocycles. The summed E-state index contributed by atoms with van der Waals surface area (Å²) >= 11 is 17.1. The van der Waals surface area contributed by atoms with Gasteiger partial charge in [0.2, 0.25) is 5.91 Å². The molecule has 0 unspecified atom stereocenters. The van der Waals surface area contributed by atoms with Crippen LogP contribution >= 0.6 is 34.8 Å². The molecule has 19 heavy (non-hydrogen) atoms. The van der Waals surface area contributed by atoms with Crippen molar-refractivity contribution in [2.24, 2.45) is 17.3 Å². The third kappa shape index (κ3) is 3.25. The Morgan fingerprint density at radius 3 is 2.37 bits per heavy atom. The van der Waals surface area contributed by atoms with Crippen molar-refractivity contribution in [1.29, 1.82) is 0 Å². The van der Waals surface area contributed by atoms with Gasteiger partial charge in [0.15, 0.2) is 0 Å². The van der Waals surface area contributed by atoms with Crippen LogP contribution in [0.25, 0.3) is 0 Å². The van der Waals surface area contributed by atoms with E-state index >= 15 is 0 Å². The van der Waals surface area contributed by atoms with Crippen molar-refractivity contribution in [3.05, 3.63) is 39.9 Å². The first kappa shape index (κ1) is 14.7. The van der Waals surface area contributed by atoms with Gasteiger partial charge in [-0.25, -0.2) is 0 Å². The number of nitrogens with one attached hydrogen (secondary N) is 1. The zero-order chi connectivity index (χ0) is 14.2. The number of carbonyl (C=O) groups excluding carboxylic acids is 1. The first-order valence-electron chi connectivity index (χ1n) is 5.91. The van der Waals surface area contributed by atoms with E-state index in [1.807, 2.05) is 13.8 Å². The number of hydrogen-bond acceptors (Lipinski definition) is 1. The molecule has 0 radical (unpaired) electrons. The van der Waals surface area contributed by atoms with E-state index in [9.17, 15) is 4.79 Å². The molecule has 2 atom stereocenters. The largest absolute Gasteiger partial charge is 0.326 e. The highest BCUT2D eigenvalue weighted by Crippen LogP contribution is 2.59. The molecule has 1 saturated carbocycles. The minimum atomic E-state index is -0.120. The van der Waals surface area contributed by atoms with Crippen molar-refractivity contribution < 1.29 is 4.79 Å². The molecule has 102 valence electrons. The van der Waals surface area contributed by atoms with Crippen molar-refractivity contribution in [3.8, 4) is 0 Å². The van der Waals surface area contributed by atoms with Gasteiger partial charge in [0.05, 0.1) is 5.92 Å². The molecule has 1 aliphatic rings. The third-order valence-electron chi connectivity index (χ3n) is 3.61. The Balaban J connectivity index is 2.05. The molecule has 2 nitrogen and oxygen atoms in total. The van der Waals surface area contributed by atoms with Gasteiger partial charge in [-0.2, -0.15) is 0 Å². The molecule has 0 heterocycles. The maximum Gasteiger partial charge on any atom is 0.228 e. The van der Waals surface area contributed by atoms with E-state index in [0.29, 0.717) is 5.02 Å². The summed E-state index contributed by atoms with van der Waals surface area (Å²) in [6, 6.07) is 7.02. The molecule has 0 aromatic heterocycles. The Labute approximate surface area is 127 Å². The van der Waals surface area contributed by atoms with Crippen molar-refractivity contribution in [2.75, 3.05) is 5.32 Å². The monoisotopic (exact) mass is 317 g/mol. The van der Waals surface area contributed by atoms with Crippen molar-refractivity contribution >= 4 is 46.4 Å². The number of rotatable bonds is 3. The first-order valence-corrected chi connectivity index (χ1v) is 7.05. The van der Waals surface area contributed by atoms with E-state index in [1.165, 1.54) is 0 Å². The van der Waals surface area contributed by atoms with Crippen molar-refractivity contribution in [1.82, 2.24) is 0 Å². The van der Waals surface area contributed by atoms with Crippen LogP contribution in [-0.2, 0) is 4.79 Å². The van der Waals surface area contributed by atoms with E-state index in [0.717, 1.165) is 5.69 Å². The Bertz CT molecular complexity index is 518. The fraction of sp³-hybridized carbons (Fsp3) is 0.357. The fourth-order valence-corrected chi connectivity index (χ4v) is 2.78. The van der Waals surface area contributed by atoms with Gasteiger partial charge in [-0.3, -0.25) is 4.79 Å². The van der Waals surface area contributed by atoms with Gasteiger partial charge in [-0.15, -0.1) is 0 Å². The molecule has 5 heteroatoms. The van der Waals surface area contributed by atoms with Gasteiger partial charge < -0.3 is 5.32 Å². The average Bonchev–Trinajstić information content (AvgIpc) is 2.83. The highest BCUT2D eigenvalue weighted by molar-refractivity contribution is 6.55. The lowest BCUT2D eigenvalue weighted by Gasteiger charge is -2.06. The van der Waals surface area contributed by atoms with Gasteiger partial charge in [0.1, 0.15) is 4.49 Å². The van der Waals surface area contributed by atoms with E-state index in [1.54, 1.807) is 30.3 Å². The summed E-state index contributed by atoms with van der Waals surface area (Å²) in [5, 5.41) is 3.52. The van der Waals surface area contributed by atoms with Gasteiger partial charge >= 0.3 is 0 Å². The predicted octanol–water partition coefficient (Wildman–Crippen LogP) is 4.87. The maximum atomic E-state index is 12.2. The molecule has 0 bridgehead atoms. The average molecular weight is 319 g/mol. The lowest BCUT2D eigenvalue weighted by molar-refractivity contribution is -0.118. The SMILES string of the molecule is CC1(C)[C@H](C(=O)Nc2ccc(Cl)cc2)[C@@H]1C=C(Cl)Cl. The second kappa shape index (κ2) is 5.35. The minimum Gasteiger partial charge on any atom is -0.326 e. The van der Waals surface area contributed by atoms with Crippen LogP contribution in [0.4, 0.5) is 5.69 Å². The molecule has 1 N–H and O–H groups in total. The lowest BCUT2D eigenvalue weighted by Crippen LogP contribution is -2.16. The molecule has 0 aliphatic heterocycles. The topological polar surface area (TPSA) is 29.1 Å². The Hall–Kier alpha value is -0.700. The van der Waals surface area contributed by atoms with Crippen LogP contribution in [0.5, 0.6) is 0 Å². The van der Waals surface area contributed by atoms with E-state index < -0.39 is 0 Å². The first-order chi connectivity index (χ1) is 8.82. The normalized spacial score (nSPS) is 23.6. The van der Waals surface area contributed by atoms with E-state index in [4.69, 9.17) is 34.8 Å². The Morgan fingerprint density at radius 1 is 1.26 bits per heavy atom. The molecular formula is C14H14Cl3NO. The zero-order valence-electron chi connectivity index (χ0n) is 10.6. The fourth-order valence-electron chi connectivity index (χ4n) is 2.38. The number of amides is 1. The summed E-state index contributed by atoms with van der Waals surface area (Å²) in [7, 11) is 0. The summed E-state index contributed by atoms with van der Waals surface area (Å²) in [4.78, 5) is 12.2. The zero-order valence-corrected chi connectivity index (χ0v) is 12.9. The highest BCUT2D eigenvalue weighted by Gasteiger charge is 2.60. The van der Waals surface area contributed by atoms with Crippen LogP contribution in [0.15, 0.2) is 34.8 Å². The van der Waals surface area contributed by atoms with Crippen LogP contribution in [-0.4, -0.2) is 5.91 Å². The summed E-state index contributed by atoms with van der Waals surface area (Å²) in [6.45, 7) is 4.05. The van der Waals surface area contributed by atoms with Gasteiger partial charge in [0.25, 0.3) is 0 Å². The molecule has 2 rings (SSSR count). The molecule has 0 spiro atoms. The Kier molecular flexibility index (Phi) is 4.14. The standard InChI is InChI=1S/C14H14Cl3NO/c1-14(2)10(7-11(16)17)12(14)13(19)18-9-5-3-8(15)4-6-9/h3-7,10,12H,1-2H3,(H,18,19)/t10-,12-/m0/s1. The molecule has 1 fully saturated rings. The quantitative estimate of drug-likeness (QED) is 0.846. The van der Waals surface area contributed by atoms with Crippen molar-refractivity contribution in [3.63, 3.8) is 0 Å². The van der Waals surface area contributed by atoms with Gasteiger partial charge in [-0.1, -0.05) is 48.7 Å². The number of carbonyl (C=O) groups is 1. The van der Waals surface area contributed by atoms with E-state index in [2.05, 4.69) is 5.32 Å². The summed E-state index contributed by atoms with van der Waals surface area (Å²) in [6.07, 6.45) is 1.73. The van der Waals surface area contributed by atoms with Crippen LogP contribution in [0, 0.1) is 17.3 Å². The maximum absolute atomic E-state index is 12.2. The predicted molar refractivity (Wildman–Crippen MR) is 80.6 cm³/mol. The lowest BCUT2D eigenvalue weighted by atomic mass is 10.1. The number of anilines is 1. The summed E-state index contributed by atoms with van der Waals surface area (Å²) in [5.74, 6) is -0.0661. The van der Waals surface area contributed by atoms with Crippen LogP contribution in [0.2, 0.25) is 5.02 Å². The summed E-state index contributed by atoms with van der Waals surface area (Å²) in [5.41, 5.74) is 0.614. The van der Waals surface area contributed by atoms with Crippen LogP contribution < -0.4 is 5.32 Å². The number of hydrogen-bond donors (Lipinski definition) is 1. The van der Waals surface area contributed by atoms with Crippen LogP contribution in [0.3, 0.4) is 0 Å². The van der Waals surface area contributed by atoms with Gasteiger partial charge in [-0.05, 0) is 41.7 Å². The van der Waals surface area contributed by atoms with Crippen LogP contribution in [0.1, 0.15) is 13.8 Å². The molecule has 0 saturated heterocycles. The second-order valence-electron chi connectivity index (χ2n) is 5.28. The number of allylic oxidation sites excluding steroid dienone is 1. The number of halogens is 3. The molecule has 1 aromatic rings. The van der Waals surface area contributed by atoms with E-state index in [-0.39, 0.29) is 27.6 Å². The molecular weight excluding hydrogens is 305 g/mol. The minimum absolute atomic E-state index is 0.0249. The smallest absolute Gasteiger partial charge is 0.228 e. The Morgan fingerprint density at radius 2 is 1.84 bits per heavy atom. The third-order valence-corrected chi connectivity index (χ3v) is 4.11. The van der Waals surface area contributed by atoms with Crippen molar-refractivity contribution in [2.45, 2.75) is 13.8 Å².